The van der Waals surface area contributed by atoms with E-state index >= 15 is 0 Å². The SMILES string of the molecule is Clc1ccc(C2(Cn3cncn3)CC(Br)CO2)c(Cl)c1.c1cc[nH]c1. The van der Waals surface area contributed by atoms with Crippen molar-refractivity contribution in [2.45, 2.75) is 23.4 Å². The first-order valence-corrected chi connectivity index (χ1v) is 9.40. The lowest BCUT2D eigenvalue weighted by Crippen LogP contribution is -2.31. The zero-order chi connectivity index (χ0) is 17.7. The fourth-order valence-corrected chi connectivity index (χ4v) is 4.06. The molecule has 2 atom stereocenters. The van der Waals surface area contributed by atoms with Crippen molar-refractivity contribution in [1.29, 1.82) is 0 Å². The number of hydrogen-bond acceptors (Lipinski definition) is 3. The molecule has 0 bridgehead atoms. The Labute approximate surface area is 164 Å². The predicted molar refractivity (Wildman–Crippen MR) is 102 cm³/mol. The lowest BCUT2D eigenvalue weighted by Gasteiger charge is -2.29. The molecule has 1 fully saturated rings. The van der Waals surface area contributed by atoms with Crippen LogP contribution in [0.4, 0.5) is 0 Å². The lowest BCUT2D eigenvalue weighted by atomic mass is 9.90. The molecule has 25 heavy (non-hydrogen) atoms. The fraction of sp³-hybridized carbons (Fsp3) is 0.294. The molecule has 8 heteroatoms. The van der Waals surface area contributed by atoms with Gasteiger partial charge in [0.25, 0.3) is 0 Å². The van der Waals surface area contributed by atoms with Crippen LogP contribution in [0.1, 0.15) is 12.0 Å². The summed E-state index contributed by atoms with van der Waals surface area (Å²) < 4.78 is 7.83. The molecule has 1 N–H and O–H groups in total. The third-order valence-corrected chi connectivity index (χ3v) is 5.03. The second-order valence-corrected chi connectivity index (χ2v) is 7.85. The van der Waals surface area contributed by atoms with Crippen molar-refractivity contribution in [2.24, 2.45) is 0 Å². The van der Waals surface area contributed by atoms with E-state index < -0.39 is 5.60 Å². The van der Waals surface area contributed by atoms with E-state index in [9.17, 15) is 0 Å². The van der Waals surface area contributed by atoms with Gasteiger partial charge in [0, 0.05) is 32.8 Å². The van der Waals surface area contributed by atoms with E-state index in [-0.39, 0.29) is 4.83 Å². The van der Waals surface area contributed by atoms with E-state index in [4.69, 9.17) is 27.9 Å². The Bertz CT molecular complexity index is 765. The fourth-order valence-electron chi connectivity index (χ4n) is 2.82. The molecule has 0 saturated carbocycles. The maximum atomic E-state index is 6.36. The van der Waals surface area contributed by atoms with Crippen LogP contribution in [0, 0.1) is 0 Å². The number of aromatic amines is 1. The first kappa shape index (κ1) is 18.5. The van der Waals surface area contributed by atoms with Gasteiger partial charge in [0.05, 0.1) is 13.2 Å². The van der Waals surface area contributed by atoms with E-state index in [2.05, 4.69) is 31.0 Å². The zero-order valence-electron chi connectivity index (χ0n) is 13.3. The molecule has 1 aliphatic heterocycles. The van der Waals surface area contributed by atoms with Crippen LogP contribution in [0.15, 0.2) is 55.4 Å². The molecule has 1 saturated heterocycles. The van der Waals surface area contributed by atoms with Crippen LogP contribution >= 0.6 is 39.1 Å². The highest BCUT2D eigenvalue weighted by Crippen LogP contribution is 2.43. The maximum Gasteiger partial charge on any atom is 0.137 e. The van der Waals surface area contributed by atoms with E-state index in [0.717, 1.165) is 12.0 Å². The standard InChI is InChI=1S/C13H12BrCl2N3O.C4H5N/c14-9-4-13(20-5-9,6-19-8-17-7-18-19)11-2-1-10(15)3-12(11)16;1-2-4-5-3-1/h1-3,7-9H,4-6H2;1-5H. The van der Waals surface area contributed by atoms with Gasteiger partial charge in [-0.15, -0.1) is 0 Å². The number of ether oxygens (including phenoxy) is 1. The monoisotopic (exact) mass is 442 g/mol. The highest BCUT2D eigenvalue weighted by Gasteiger charge is 2.43. The first-order valence-electron chi connectivity index (χ1n) is 7.73. The summed E-state index contributed by atoms with van der Waals surface area (Å²) in [5.74, 6) is 0. The Morgan fingerprint density at radius 3 is 2.64 bits per heavy atom. The molecule has 2 unspecified atom stereocenters. The lowest BCUT2D eigenvalue weighted by molar-refractivity contribution is -0.0169. The molecule has 2 aromatic heterocycles. The number of aromatic nitrogens is 4. The molecule has 3 heterocycles. The van der Waals surface area contributed by atoms with Crippen LogP contribution in [0.2, 0.25) is 10.0 Å². The van der Waals surface area contributed by atoms with Crippen molar-refractivity contribution in [1.82, 2.24) is 19.7 Å². The van der Waals surface area contributed by atoms with Gasteiger partial charge in [-0.3, -0.25) is 0 Å². The van der Waals surface area contributed by atoms with Gasteiger partial charge in [0.15, 0.2) is 0 Å². The van der Waals surface area contributed by atoms with Gasteiger partial charge in [-0.05, 0) is 30.7 Å². The average molecular weight is 444 g/mol. The summed E-state index contributed by atoms with van der Waals surface area (Å²) in [4.78, 5) is 7.13. The van der Waals surface area contributed by atoms with Crippen LogP contribution in [0.5, 0.6) is 0 Å². The highest BCUT2D eigenvalue weighted by molar-refractivity contribution is 9.09. The van der Waals surface area contributed by atoms with Crippen molar-refractivity contribution < 1.29 is 4.74 Å². The maximum absolute atomic E-state index is 6.36. The van der Waals surface area contributed by atoms with Crippen molar-refractivity contribution in [2.75, 3.05) is 6.61 Å². The molecule has 5 nitrogen and oxygen atoms in total. The molecule has 0 radical (unpaired) electrons. The van der Waals surface area contributed by atoms with Crippen molar-refractivity contribution in [3.63, 3.8) is 0 Å². The minimum atomic E-state index is -0.510. The smallest absolute Gasteiger partial charge is 0.137 e. The number of rotatable bonds is 3. The topological polar surface area (TPSA) is 55.7 Å². The van der Waals surface area contributed by atoms with E-state index in [1.165, 1.54) is 6.33 Å². The summed E-state index contributed by atoms with van der Waals surface area (Å²) in [6.45, 7) is 1.20. The molecule has 1 aromatic carbocycles. The Morgan fingerprint density at radius 1 is 1.32 bits per heavy atom. The van der Waals surface area contributed by atoms with Gasteiger partial charge < -0.3 is 9.72 Å². The summed E-state index contributed by atoms with van der Waals surface area (Å²) in [6, 6.07) is 9.38. The second-order valence-electron chi connectivity index (χ2n) is 5.71. The highest BCUT2D eigenvalue weighted by atomic mass is 79.9. The number of nitrogens with one attached hydrogen (secondary N) is 1. The molecule has 0 aliphatic carbocycles. The molecule has 4 rings (SSSR count). The van der Waals surface area contributed by atoms with Gasteiger partial charge in [-0.1, -0.05) is 45.2 Å². The molecule has 0 amide bonds. The van der Waals surface area contributed by atoms with Crippen LogP contribution in [-0.4, -0.2) is 31.2 Å². The molecular formula is C17H17BrCl2N4O. The predicted octanol–water partition coefficient (Wildman–Crippen LogP) is 4.68. The third kappa shape index (κ3) is 4.64. The molecule has 0 spiro atoms. The number of alkyl halides is 1. The summed E-state index contributed by atoms with van der Waals surface area (Å²) >= 11 is 16.0. The number of benzene rings is 1. The number of halogens is 3. The zero-order valence-corrected chi connectivity index (χ0v) is 16.4. The van der Waals surface area contributed by atoms with Crippen LogP contribution in [0.25, 0.3) is 0 Å². The molecule has 132 valence electrons. The van der Waals surface area contributed by atoms with Crippen molar-refractivity contribution >= 4 is 39.1 Å². The molecule has 1 aliphatic rings. The first-order chi connectivity index (χ1) is 12.1. The summed E-state index contributed by atoms with van der Waals surface area (Å²) in [7, 11) is 0. The largest absolute Gasteiger partial charge is 0.368 e. The van der Waals surface area contributed by atoms with Gasteiger partial charge in [-0.2, -0.15) is 5.10 Å². The summed E-state index contributed by atoms with van der Waals surface area (Å²) in [5, 5.41) is 5.39. The van der Waals surface area contributed by atoms with Crippen LogP contribution in [0.3, 0.4) is 0 Å². The molecule has 3 aromatic rings. The van der Waals surface area contributed by atoms with Gasteiger partial charge in [-0.25, -0.2) is 9.67 Å². The normalized spacial score (nSPS) is 22.4. The van der Waals surface area contributed by atoms with Crippen molar-refractivity contribution in [3.05, 3.63) is 71.0 Å². The van der Waals surface area contributed by atoms with E-state index in [0.29, 0.717) is 23.2 Å². The number of H-pyrrole nitrogens is 1. The van der Waals surface area contributed by atoms with Gasteiger partial charge in [0.1, 0.15) is 18.3 Å². The van der Waals surface area contributed by atoms with Gasteiger partial charge in [0.2, 0.25) is 0 Å². The Balaban J connectivity index is 0.000000314. The quantitative estimate of drug-likeness (QED) is 0.598. The van der Waals surface area contributed by atoms with Crippen LogP contribution < -0.4 is 0 Å². The average Bonchev–Trinajstić information content (AvgIpc) is 3.32. The minimum absolute atomic E-state index is 0.290. The van der Waals surface area contributed by atoms with E-state index in [1.807, 2.05) is 36.7 Å². The Morgan fingerprint density at radius 2 is 2.12 bits per heavy atom. The molecular weight excluding hydrogens is 427 g/mol. The number of nitrogens with zero attached hydrogens (tertiary/aromatic N) is 3. The Kier molecular flexibility index (Phi) is 6.17. The third-order valence-electron chi connectivity index (χ3n) is 3.89. The summed E-state index contributed by atoms with van der Waals surface area (Å²) in [5.41, 5.74) is 0.421. The van der Waals surface area contributed by atoms with Gasteiger partial charge >= 0.3 is 0 Å². The van der Waals surface area contributed by atoms with E-state index in [1.54, 1.807) is 17.1 Å². The van der Waals surface area contributed by atoms with Crippen LogP contribution in [-0.2, 0) is 16.9 Å². The Hall–Kier alpha value is -1.34. The minimum Gasteiger partial charge on any atom is -0.368 e. The second kappa shape index (κ2) is 8.36. The summed E-state index contributed by atoms with van der Waals surface area (Å²) in [6.07, 6.45) is 7.75. The van der Waals surface area contributed by atoms with Crippen molar-refractivity contribution in [3.8, 4) is 0 Å². The number of hydrogen-bond donors (Lipinski definition) is 1.